The van der Waals surface area contributed by atoms with Crippen LogP contribution in [0.1, 0.15) is 51.6 Å². The van der Waals surface area contributed by atoms with E-state index in [2.05, 4.69) is 48.4 Å². The number of nitrogens with zero attached hydrogens (tertiary/aromatic N) is 9. The van der Waals surface area contributed by atoms with Crippen molar-refractivity contribution in [1.29, 1.82) is 0 Å². The number of carbonyl (C=O) groups excluding carboxylic acids is 1. The number of tetrazole rings is 1. The van der Waals surface area contributed by atoms with Crippen LogP contribution in [0.3, 0.4) is 0 Å². The molecule has 1 aromatic carbocycles. The van der Waals surface area contributed by atoms with E-state index in [1.165, 1.54) is 29.4 Å². The van der Waals surface area contributed by atoms with Gasteiger partial charge in [0, 0.05) is 29.5 Å². The molecule has 1 amide bonds. The number of pyridine rings is 1. The van der Waals surface area contributed by atoms with Crippen LogP contribution in [0.5, 0.6) is 0 Å². The van der Waals surface area contributed by atoms with E-state index < -0.39 is 0 Å². The van der Waals surface area contributed by atoms with Crippen LogP contribution in [0.2, 0.25) is 5.02 Å². The summed E-state index contributed by atoms with van der Waals surface area (Å²) in [6.07, 6.45) is 9.75. The zero-order valence-electron chi connectivity index (χ0n) is 18.8. The van der Waals surface area contributed by atoms with Crippen LogP contribution in [-0.4, -0.2) is 50.5 Å². The van der Waals surface area contributed by atoms with Gasteiger partial charge in [-0.05, 0) is 65.4 Å². The molecule has 0 unspecified atom stereocenters. The molecule has 6 rings (SSSR count). The van der Waals surface area contributed by atoms with Gasteiger partial charge in [0.2, 0.25) is 0 Å². The Bertz CT molecular complexity index is 1530. The molecule has 0 atom stereocenters. The van der Waals surface area contributed by atoms with Gasteiger partial charge in [0.25, 0.3) is 5.91 Å². The van der Waals surface area contributed by atoms with Crippen molar-refractivity contribution >= 4 is 23.2 Å². The summed E-state index contributed by atoms with van der Waals surface area (Å²) in [6.45, 7) is 2.52. The fraction of sp³-hybridized carbons (Fsp3) is 0.261. The summed E-state index contributed by atoms with van der Waals surface area (Å²) < 4.78 is 5.18. The van der Waals surface area contributed by atoms with Crippen molar-refractivity contribution < 1.29 is 4.79 Å². The molecule has 1 N–H and O–H groups in total. The van der Waals surface area contributed by atoms with Crippen LogP contribution in [-0.2, 0) is 13.1 Å². The van der Waals surface area contributed by atoms with E-state index in [9.17, 15) is 4.79 Å². The molecule has 5 aromatic rings. The average Bonchev–Trinajstić information content (AvgIpc) is 3.23. The molecule has 1 aliphatic rings. The maximum absolute atomic E-state index is 12.8. The molecule has 1 saturated carbocycles. The third kappa shape index (κ3) is 4.26. The molecular formula is C23H21ClN10O. The highest BCUT2D eigenvalue weighted by Gasteiger charge is 2.24. The Morgan fingerprint density at radius 3 is 2.83 bits per heavy atom. The van der Waals surface area contributed by atoms with Crippen molar-refractivity contribution in [1.82, 2.24) is 49.9 Å². The van der Waals surface area contributed by atoms with E-state index in [-0.39, 0.29) is 18.1 Å². The molecule has 0 bridgehead atoms. The van der Waals surface area contributed by atoms with E-state index in [1.54, 1.807) is 16.9 Å². The Balaban J connectivity index is 1.15. The molecule has 0 radical (unpaired) electrons. The first-order chi connectivity index (χ1) is 17.0. The number of carbonyl (C=O) groups is 1. The first-order valence-corrected chi connectivity index (χ1v) is 11.6. The number of hydrogen-bond donors (Lipinski definition) is 1. The van der Waals surface area contributed by atoms with Crippen LogP contribution in [0.4, 0.5) is 0 Å². The lowest BCUT2D eigenvalue weighted by Crippen LogP contribution is -2.24. The smallest absolute Gasteiger partial charge is 0.273 e. The fourth-order valence-corrected chi connectivity index (χ4v) is 4.30. The molecular weight excluding hydrogens is 468 g/mol. The number of halogens is 1. The third-order valence-corrected chi connectivity index (χ3v) is 6.61. The van der Waals surface area contributed by atoms with Gasteiger partial charge in [0.15, 0.2) is 5.69 Å². The van der Waals surface area contributed by atoms with Gasteiger partial charge in [0.1, 0.15) is 12.0 Å². The highest BCUT2D eigenvalue weighted by Crippen LogP contribution is 2.39. The Kier molecular flexibility index (Phi) is 5.25. The van der Waals surface area contributed by atoms with Crippen LogP contribution >= 0.6 is 11.6 Å². The Morgan fingerprint density at radius 1 is 1.14 bits per heavy atom. The summed E-state index contributed by atoms with van der Waals surface area (Å²) in [5.41, 5.74) is 5.67. The molecule has 0 saturated heterocycles. The second-order valence-corrected chi connectivity index (χ2v) is 9.05. The Labute approximate surface area is 204 Å². The van der Waals surface area contributed by atoms with Crippen LogP contribution < -0.4 is 5.32 Å². The Morgan fingerprint density at radius 2 is 2.03 bits per heavy atom. The zero-order chi connectivity index (χ0) is 23.9. The molecule has 11 nitrogen and oxygen atoms in total. The lowest BCUT2D eigenvalue weighted by Gasteiger charge is -2.13. The van der Waals surface area contributed by atoms with Gasteiger partial charge in [-0.25, -0.2) is 14.3 Å². The first-order valence-electron chi connectivity index (χ1n) is 11.2. The molecule has 12 heteroatoms. The van der Waals surface area contributed by atoms with Crippen molar-refractivity contribution in [3.05, 3.63) is 82.3 Å². The molecule has 35 heavy (non-hydrogen) atoms. The molecule has 1 fully saturated rings. The number of rotatable bonds is 7. The van der Waals surface area contributed by atoms with E-state index in [4.69, 9.17) is 11.6 Å². The van der Waals surface area contributed by atoms with E-state index in [0.29, 0.717) is 17.5 Å². The number of nitrogens with one attached hydrogen (secondary N) is 1. The molecule has 0 aliphatic heterocycles. The van der Waals surface area contributed by atoms with Crippen LogP contribution in [0.15, 0.2) is 49.2 Å². The molecule has 4 heterocycles. The highest BCUT2D eigenvalue weighted by atomic mass is 35.5. The maximum Gasteiger partial charge on any atom is 0.273 e. The summed E-state index contributed by atoms with van der Waals surface area (Å²) in [5.74, 6) is 0.337. The minimum absolute atomic E-state index is 0.216. The van der Waals surface area contributed by atoms with Crippen molar-refractivity contribution in [3.8, 4) is 5.69 Å². The maximum atomic E-state index is 12.8. The second kappa shape index (κ2) is 8.58. The number of benzene rings is 1. The number of aromatic nitrogens is 9. The van der Waals surface area contributed by atoms with Crippen molar-refractivity contribution in [3.63, 3.8) is 0 Å². The third-order valence-electron chi connectivity index (χ3n) is 6.20. The molecule has 176 valence electrons. The minimum Gasteiger partial charge on any atom is -0.346 e. The quantitative estimate of drug-likeness (QED) is 0.374. The summed E-state index contributed by atoms with van der Waals surface area (Å²) in [5, 5.41) is 22.9. The van der Waals surface area contributed by atoms with Crippen molar-refractivity contribution in [2.45, 2.75) is 38.8 Å². The topological polar surface area (TPSA) is 121 Å². The van der Waals surface area contributed by atoms with Crippen molar-refractivity contribution in [2.75, 3.05) is 0 Å². The summed E-state index contributed by atoms with van der Waals surface area (Å²) >= 11 is 6.31. The van der Waals surface area contributed by atoms with Gasteiger partial charge in [-0.15, -0.1) is 10.2 Å². The van der Waals surface area contributed by atoms with Gasteiger partial charge in [-0.1, -0.05) is 22.9 Å². The zero-order valence-corrected chi connectivity index (χ0v) is 19.6. The van der Waals surface area contributed by atoms with E-state index in [0.717, 1.165) is 28.2 Å². The SMILES string of the molecule is Cc1c(Cl)ccc(-n2cnnn2)c1CNC(=O)c1cn(Cc2cn3cc(C4CC4)ccc3n2)nn1. The molecule has 4 aromatic heterocycles. The van der Waals surface area contributed by atoms with Crippen molar-refractivity contribution in [2.24, 2.45) is 0 Å². The first kappa shape index (κ1) is 21.4. The van der Waals surface area contributed by atoms with Gasteiger partial charge in [-0.3, -0.25) is 4.79 Å². The summed E-state index contributed by atoms with van der Waals surface area (Å²) in [7, 11) is 0. The summed E-state index contributed by atoms with van der Waals surface area (Å²) in [4.78, 5) is 17.5. The molecule has 1 aliphatic carbocycles. The lowest BCUT2D eigenvalue weighted by molar-refractivity contribution is 0.0945. The number of amides is 1. The standard InChI is InChI=1S/C23H21ClN10O/c1-14-18(21(6-5-19(14)24)34-13-26-29-31-34)8-25-23(35)20-12-33(30-28-20)11-17-10-32-9-16(15-2-3-15)4-7-22(32)27-17/h4-7,9-10,12-13,15H,2-3,8,11H2,1H3,(H,25,35). The lowest BCUT2D eigenvalue weighted by atomic mass is 10.1. The minimum atomic E-state index is -0.345. The van der Waals surface area contributed by atoms with Gasteiger partial charge >= 0.3 is 0 Å². The Hall–Kier alpha value is -4.12. The van der Waals surface area contributed by atoms with E-state index >= 15 is 0 Å². The van der Waals surface area contributed by atoms with Gasteiger partial charge < -0.3 is 9.72 Å². The fourth-order valence-electron chi connectivity index (χ4n) is 4.12. The average molecular weight is 489 g/mol. The van der Waals surface area contributed by atoms with Crippen LogP contribution in [0.25, 0.3) is 11.3 Å². The predicted octanol–water partition coefficient (Wildman–Crippen LogP) is 2.72. The number of hydrogen-bond acceptors (Lipinski definition) is 7. The number of imidazole rings is 1. The monoisotopic (exact) mass is 488 g/mol. The van der Waals surface area contributed by atoms with E-state index in [1.807, 2.05) is 29.7 Å². The normalized spacial score (nSPS) is 13.4. The highest BCUT2D eigenvalue weighted by molar-refractivity contribution is 6.31. The van der Waals surface area contributed by atoms with Gasteiger partial charge in [0.05, 0.1) is 24.1 Å². The largest absolute Gasteiger partial charge is 0.346 e. The molecule has 0 spiro atoms. The number of fused-ring (bicyclic) bond motifs is 1. The summed E-state index contributed by atoms with van der Waals surface area (Å²) in [6, 6.07) is 7.77. The van der Waals surface area contributed by atoms with Crippen LogP contribution in [0, 0.1) is 6.92 Å². The van der Waals surface area contributed by atoms with Gasteiger partial charge in [-0.2, -0.15) is 0 Å². The predicted molar refractivity (Wildman–Crippen MR) is 126 cm³/mol. The second-order valence-electron chi connectivity index (χ2n) is 8.64.